The van der Waals surface area contributed by atoms with Gasteiger partial charge in [0.25, 0.3) is 0 Å². The molecular formula is C7H14O2. The summed E-state index contributed by atoms with van der Waals surface area (Å²) >= 11 is 0. The minimum absolute atomic E-state index is 0.462. The lowest BCUT2D eigenvalue weighted by Crippen LogP contribution is -2.23. The molecule has 1 fully saturated rings. The maximum absolute atomic E-state index is 9.47. The lowest BCUT2D eigenvalue weighted by atomic mass is 9.98. The zero-order valence-electron chi connectivity index (χ0n) is 5.89. The molecule has 54 valence electrons. The fourth-order valence-electron chi connectivity index (χ4n) is 1.07. The van der Waals surface area contributed by atoms with E-state index in [1.54, 1.807) is 0 Å². The summed E-state index contributed by atoms with van der Waals surface area (Å²) in [6.07, 6.45) is 2.66. The molecule has 0 spiro atoms. The van der Waals surface area contributed by atoms with Crippen LogP contribution >= 0.6 is 0 Å². The van der Waals surface area contributed by atoms with Crippen LogP contribution in [0.4, 0.5) is 0 Å². The van der Waals surface area contributed by atoms with E-state index in [0.717, 1.165) is 25.9 Å². The normalized spacial score (nSPS) is 38.0. The molecule has 0 aromatic rings. The molecule has 0 aromatic carbocycles. The molecule has 9 heavy (non-hydrogen) atoms. The quantitative estimate of drug-likeness (QED) is 0.528. The van der Waals surface area contributed by atoms with Crippen molar-refractivity contribution in [1.82, 2.24) is 0 Å². The van der Waals surface area contributed by atoms with Crippen LogP contribution in [0.25, 0.3) is 0 Å². The molecule has 0 saturated carbocycles. The van der Waals surface area contributed by atoms with Crippen LogP contribution in [0, 0.1) is 0 Å². The molecule has 1 atom stereocenters. The number of aliphatic hydroxyl groups is 1. The lowest BCUT2D eigenvalue weighted by Gasteiger charge is -2.18. The van der Waals surface area contributed by atoms with Gasteiger partial charge in [0, 0.05) is 13.2 Å². The van der Waals surface area contributed by atoms with E-state index in [2.05, 4.69) is 0 Å². The Bertz CT molecular complexity index is 78.9. The topological polar surface area (TPSA) is 29.5 Å². The summed E-state index contributed by atoms with van der Waals surface area (Å²) in [7, 11) is 0. The van der Waals surface area contributed by atoms with E-state index in [1.165, 1.54) is 0 Å². The Morgan fingerprint density at radius 3 is 2.89 bits per heavy atom. The van der Waals surface area contributed by atoms with Gasteiger partial charge in [-0.15, -0.1) is 0 Å². The SMILES string of the molecule is C[C@]1(O)CCCOCC1. The number of ether oxygens (including phenoxy) is 1. The van der Waals surface area contributed by atoms with Crippen LogP contribution in [-0.4, -0.2) is 23.9 Å². The molecule has 1 saturated heterocycles. The van der Waals surface area contributed by atoms with Gasteiger partial charge >= 0.3 is 0 Å². The Morgan fingerprint density at radius 2 is 2.11 bits per heavy atom. The van der Waals surface area contributed by atoms with E-state index in [4.69, 9.17) is 4.74 Å². The Kier molecular flexibility index (Phi) is 2.09. The van der Waals surface area contributed by atoms with E-state index >= 15 is 0 Å². The summed E-state index contributed by atoms with van der Waals surface area (Å²) in [5, 5.41) is 9.47. The second kappa shape index (κ2) is 2.67. The van der Waals surface area contributed by atoms with Crippen molar-refractivity contribution in [2.45, 2.75) is 31.8 Å². The summed E-state index contributed by atoms with van der Waals surface area (Å²) in [4.78, 5) is 0. The van der Waals surface area contributed by atoms with Gasteiger partial charge in [0.15, 0.2) is 0 Å². The molecule has 1 aliphatic heterocycles. The van der Waals surface area contributed by atoms with Crippen molar-refractivity contribution in [3.63, 3.8) is 0 Å². The first-order valence-electron chi connectivity index (χ1n) is 3.51. The van der Waals surface area contributed by atoms with Gasteiger partial charge in [0.2, 0.25) is 0 Å². The largest absolute Gasteiger partial charge is 0.390 e. The molecule has 0 aliphatic carbocycles. The zero-order chi connectivity index (χ0) is 6.74. The van der Waals surface area contributed by atoms with Crippen LogP contribution in [0.5, 0.6) is 0 Å². The van der Waals surface area contributed by atoms with Crippen LogP contribution in [0.3, 0.4) is 0 Å². The van der Waals surface area contributed by atoms with Crippen LogP contribution < -0.4 is 0 Å². The summed E-state index contributed by atoms with van der Waals surface area (Å²) in [5.74, 6) is 0. The van der Waals surface area contributed by atoms with Crippen molar-refractivity contribution < 1.29 is 9.84 Å². The molecule has 1 rings (SSSR count). The van der Waals surface area contributed by atoms with Gasteiger partial charge < -0.3 is 9.84 Å². The van der Waals surface area contributed by atoms with Crippen molar-refractivity contribution in [3.05, 3.63) is 0 Å². The number of hydrogen-bond donors (Lipinski definition) is 1. The van der Waals surface area contributed by atoms with Crippen LogP contribution in [0.15, 0.2) is 0 Å². The predicted octanol–water partition coefficient (Wildman–Crippen LogP) is 0.938. The fourth-order valence-corrected chi connectivity index (χ4v) is 1.07. The van der Waals surface area contributed by atoms with Gasteiger partial charge in [-0.05, 0) is 26.2 Å². The second-order valence-corrected chi connectivity index (χ2v) is 2.96. The Labute approximate surface area is 55.8 Å². The van der Waals surface area contributed by atoms with Gasteiger partial charge in [0.1, 0.15) is 0 Å². The molecule has 1 aliphatic rings. The molecule has 1 N–H and O–H groups in total. The average Bonchev–Trinajstić information content (AvgIpc) is 1.92. The molecule has 2 heteroatoms. The van der Waals surface area contributed by atoms with Crippen LogP contribution in [0.2, 0.25) is 0 Å². The first kappa shape index (κ1) is 7.03. The highest BCUT2D eigenvalue weighted by Crippen LogP contribution is 2.19. The molecule has 2 nitrogen and oxygen atoms in total. The van der Waals surface area contributed by atoms with Gasteiger partial charge in [0.05, 0.1) is 5.60 Å². The predicted molar refractivity (Wildman–Crippen MR) is 35.3 cm³/mol. The smallest absolute Gasteiger partial charge is 0.0642 e. The Hall–Kier alpha value is -0.0800. The van der Waals surface area contributed by atoms with Gasteiger partial charge in [-0.1, -0.05) is 0 Å². The Morgan fingerprint density at radius 1 is 1.33 bits per heavy atom. The third kappa shape index (κ3) is 2.33. The summed E-state index contributed by atoms with van der Waals surface area (Å²) < 4.78 is 5.17. The molecule has 0 radical (unpaired) electrons. The maximum Gasteiger partial charge on any atom is 0.0642 e. The number of hydrogen-bond acceptors (Lipinski definition) is 2. The van der Waals surface area contributed by atoms with E-state index < -0.39 is 5.60 Å². The van der Waals surface area contributed by atoms with E-state index in [9.17, 15) is 5.11 Å². The van der Waals surface area contributed by atoms with Crippen LogP contribution in [-0.2, 0) is 4.74 Å². The van der Waals surface area contributed by atoms with Gasteiger partial charge in [-0.3, -0.25) is 0 Å². The minimum Gasteiger partial charge on any atom is -0.390 e. The van der Waals surface area contributed by atoms with Crippen molar-refractivity contribution in [2.75, 3.05) is 13.2 Å². The Balaban J connectivity index is 2.36. The van der Waals surface area contributed by atoms with Crippen LogP contribution in [0.1, 0.15) is 26.2 Å². The van der Waals surface area contributed by atoms with Gasteiger partial charge in [-0.25, -0.2) is 0 Å². The highest BCUT2D eigenvalue weighted by Gasteiger charge is 2.21. The van der Waals surface area contributed by atoms with Crippen molar-refractivity contribution in [3.8, 4) is 0 Å². The molecule has 0 unspecified atom stereocenters. The zero-order valence-corrected chi connectivity index (χ0v) is 5.89. The van der Waals surface area contributed by atoms with Gasteiger partial charge in [-0.2, -0.15) is 0 Å². The van der Waals surface area contributed by atoms with E-state index in [0.29, 0.717) is 6.61 Å². The molecule has 0 aromatic heterocycles. The van der Waals surface area contributed by atoms with Crippen molar-refractivity contribution in [1.29, 1.82) is 0 Å². The van der Waals surface area contributed by atoms with E-state index in [1.807, 2.05) is 6.92 Å². The second-order valence-electron chi connectivity index (χ2n) is 2.96. The summed E-state index contributed by atoms with van der Waals surface area (Å²) in [6, 6.07) is 0. The molecule has 0 bridgehead atoms. The monoisotopic (exact) mass is 130 g/mol. The first-order valence-corrected chi connectivity index (χ1v) is 3.51. The average molecular weight is 130 g/mol. The third-order valence-corrected chi connectivity index (χ3v) is 1.79. The lowest BCUT2D eigenvalue weighted by molar-refractivity contribution is 0.0364. The first-order chi connectivity index (χ1) is 4.21. The standard InChI is InChI=1S/C7H14O2/c1-7(8)3-2-5-9-6-4-7/h8H,2-6H2,1H3/t7-/m0/s1. The highest BCUT2D eigenvalue weighted by atomic mass is 16.5. The summed E-state index contributed by atoms with van der Waals surface area (Å²) in [6.45, 7) is 3.41. The fraction of sp³-hybridized carbons (Fsp3) is 1.00. The summed E-state index contributed by atoms with van der Waals surface area (Å²) in [5.41, 5.74) is -0.462. The van der Waals surface area contributed by atoms with Crippen molar-refractivity contribution in [2.24, 2.45) is 0 Å². The van der Waals surface area contributed by atoms with Crippen molar-refractivity contribution >= 4 is 0 Å². The molecule has 1 heterocycles. The minimum atomic E-state index is -0.462. The highest BCUT2D eigenvalue weighted by molar-refractivity contribution is 4.73. The number of rotatable bonds is 0. The molecule has 0 amide bonds. The molecular weight excluding hydrogens is 116 g/mol. The van der Waals surface area contributed by atoms with E-state index in [-0.39, 0.29) is 0 Å². The third-order valence-electron chi connectivity index (χ3n) is 1.79. The maximum atomic E-state index is 9.47.